The molecule has 0 bridgehead atoms. The Labute approximate surface area is 126 Å². The molecule has 116 valence electrons. The Bertz CT molecular complexity index is 481. The number of ether oxygens (including phenoxy) is 1. The predicted octanol–water partition coefficient (Wildman–Crippen LogP) is 2.71. The van der Waals surface area contributed by atoms with Gasteiger partial charge in [-0.3, -0.25) is 0 Å². The summed E-state index contributed by atoms with van der Waals surface area (Å²) < 4.78 is 5.39. The normalized spacial score (nSPS) is 24.5. The SMILES string of the molecule is CC(C)(C)CNC(=O)OC[C@@]1(c2ccccc2)C[C@H]1CO. The standard InChI is InChI=1S/C17H25NO3/c1-16(2,3)11-18-15(20)21-12-17(9-14(17)10-19)13-7-5-4-6-8-13/h4-8,14,19H,9-12H2,1-3H3,(H,18,20)/t14-,17+/m0/s1. The zero-order chi connectivity index (χ0) is 15.5. The smallest absolute Gasteiger partial charge is 0.407 e. The fourth-order valence-corrected chi connectivity index (χ4v) is 2.59. The number of nitrogens with one attached hydrogen (secondary N) is 1. The fraction of sp³-hybridized carbons (Fsp3) is 0.588. The first-order valence-electron chi connectivity index (χ1n) is 7.44. The summed E-state index contributed by atoms with van der Waals surface area (Å²) in [5, 5.41) is 12.2. The van der Waals surface area contributed by atoms with Crippen molar-refractivity contribution < 1.29 is 14.6 Å². The van der Waals surface area contributed by atoms with Gasteiger partial charge in [0.2, 0.25) is 0 Å². The molecule has 1 aliphatic carbocycles. The molecule has 0 spiro atoms. The van der Waals surface area contributed by atoms with Gasteiger partial charge in [-0.2, -0.15) is 0 Å². The number of carbonyl (C=O) groups excluding carboxylic acids is 1. The van der Waals surface area contributed by atoms with Gasteiger partial charge in [-0.05, 0) is 23.3 Å². The van der Waals surface area contributed by atoms with Crippen LogP contribution in [0.4, 0.5) is 4.79 Å². The maximum atomic E-state index is 11.8. The Morgan fingerprint density at radius 1 is 1.38 bits per heavy atom. The molecular formula is C17H25NO3. The van der Waals surface area contributed by atoms with Gasteiger partial charge in [0.05, 0.1) is 0 Å². The highest BCUT2D eigenvalue weighted by Gasteiger charge is 2.55. The zero-order valence-corrected chi connectivity index (χ0v) is 13.1. The van der Waals surface area contributed by atoms with Crippen LogP contribution in [0.5, 0.6) is 0 Å². The van der Waals surface area contributed by atoms with E-state index in [2.05, 4.69) is 26.1 Å². The van der Waals surface area contributed by atoms with Gasteiger partial charge in [0.15, 0.2) is 0 Å². The first-order valence-corrected chi connectivity index (χ1v) is 7.44. The van der Waals surface area contributed by atoms with Crippen molar-refractivity contribution in [1.82, 2.24) is 5.32 Å². The third-order valence-electron chi connectivity index (χ3n) is 4.02. The van der Waals surface area contributed by atoms with Crippen molar-refractivity contribution in [1.29, 1.82) is 0 Å². The molecule has 0 aliphatic heterocycles. The average Bonchev–Trinajstić information content (AvgIpc) is 3.18. The first kappa shape index (κ1) is 15.8. The van der Waals surface area contributed by atoms with E-state index < -0.39 is 0 Å². The lowest BCUT2D eigenvalue weighted by atomic mass is 9.94. The minimum Gasteiger partial charge on any atom is -0.449 e. The van der Waals surface area contributed by atoms with E-state index in [1.165, 1.54) is 0 Å². The van der Waals surface area contributed by atoms with Gasteiger partial charge in [-0.1, -0.05) is 51.1 Å². The van der Waals surface area contributed by atoms with Gasteiger partial charge in [0, 0.05) is 18.6 Å². The fourth-order valence-electron chi connectivity index (χ4n) is 2.59. The van der Waals surface area contributed by atoms with Crippen molar-refractivity contribution in [3.8, 4) is 0 Å². The quantitative estimate of drug-likeness (QED) is 0.877. The monoisotopic (exact) mass is 291 g/mol. The van der Waals surface area contributed by atoms with Crippen LogP contribution < -0.4 is 5.32 Å². The maximum Gasteiger partial charge on any atom is 0.407 e. The third kappa shape index (κ3) is 3.97. The molecule has 21 heavy (non-hydrogen) atoms. The minimum atomic E-state index is -0.385. The predicted molar refractivity (Wildman–Crippen MR) is 82.1 cm³/mol. The van der Waals surface area contributed by atoms with E-state index >= 15 is 0 Å². The molecule has 1 aromatic carbocycles. The molecule has 1 amide bonds. The number of amides is 1. The Morgan fingerprint density at radius 2 is 2.05 bits per heavy atom. The molecule has 0 unspecified atom stereocenters. The van der Waals surface area contributed by atoms with E-state index in [1.807, 2.05) is 30.3 Å². The van der Waals surface area contributed by atoms with Crippen molar-refractivity contribution in [3.05, 3.63) is 35.9 Å². The van der Waals surface area contributed by atoms with E-state index in [-0.39, 0.29) is 29.4 Å². The van der Waals surface area contributed by atoms with Gasteiger partial charge >= 0.3 is 6.09 Å². The summed E-state index contributed by atoms with van der Waals surface area (Å²) in [6.07, 6.45) is 0.476. The van der Waals surface area contributed by atoms with Crippen LogP contribution in [-0.4, -0.2) is 31.0 Å². The topological polar surface area (TPSA) is 58.6 Å². The summed E-state index contributed by atoms with van der Waals surface area (Å²) in [6.45, 7) is 7.19. The highest BCUT2D eigenvalue weighted by Crippen LogP contribution is 2.54. The van der Waals surface area contributed by atoms with Crippen LogP contribution in [0.1, 0.15) is 32.8 Å². The van der Waals surface area contributed by atoms with Crippen molar-refractivity contribution in [2.75, 3.05) is 19.8 Å². The number of benzene rings is 1. The van der Waals surface area contributed by atoms with Crippen molar-refractivity contribution in [2.24, 2.45) is 11.3 Å². The first-order chi connectivity index (χ1) is 9.87. The Morgan fingerprint density at radius 3 is 2.57 bits per heavy atom. The van der Waals surface area contributed by atoms with Crippen LogP contribution >= 0.6 is 0 Å². The summed E-state index contributed by atoms with van der Waals surface area (Å²) in [5.74, 6) is 0.176. The van der Waals surface area contributed by atoms with E-state index in [4.69, 9.17) is 4.74 Å². The van der Waals surface area contributed by atoms with E-state index in [0.717, 1.165) is 12.0 Å². The molecule has 4 heteroatoms. The van der Waals surface area contributed by atoms with Gasteiger partial charge in [-0.15, -0.1) is 0 Å². The number of hydrogen-bond donors (Lipinski definition) is 2. The van der Waals surface area contributed by atoms with Crippen LogP contribution in [0.3, 0.4) is 0 Å². The van der Waals surface area contributed by atoms with Crippen LogP contribution in [-0.2, 0) is 10.2 Å². The maximum absolute atomic E-state index is 11.8. The van der Waals surface area contributed by atoms with Crippen molar-refractivity contribution >= 4 is 6.09 Å². The van der Waals surface area contributed by atoms with Gasteiger partial charge in [-0.25, -0.2) is 4.79 Å². The molecule has 1 fully saturated rings. The van der Waals surface area contributed by atoms with E-state index in [9.17, 15) is 9.90 Å². The number of hydrogen-bond acceptors (Lipinski definition) is 3. The number of aliphatic hydroxyl groups excluding tert-OH is 1. The van der Waals surface area contributed by atoms with Crippen LogP contribution in [0, 0.1) is 11.3 Å². The summed E-state index contributed by atoms with van der Waals surface area (Å²) in [7, 11) is 0. The average molecular weight is 291 g/mol. The third-order valence-corrected chi connectivity index (χ3v) is 4.02. The summed E-state index contributed by atoms with van der Waals surface area (Å²) >= 11 is 0. The second-order valence-electron chi connectivity index (χ2n) is 7.10. The number of aliphatic hydroxyl groups is 1. The number of rotatable bonds is 5. The van der Waals surface area contributed by atoms with Gasteiger partial charge in [0.1, 0.15) is 6.61 Å². The Balaban J connectivity index is 1.92. The largest absolute Gasteiger partial charge is 0.449 e. The summed E-state index contributed by atoms with van der Waals surface area (Å²) in [6, 6.07) is 9.98. The molecule has 2 N–H and O–H groups in total. The molecule has 0 aromatic heterocycles. The van der Waals surface area contributed by atoms with Crippen LogP contribution in [0.25, 0.3) is 0 Å². The number of alkyl carbamates (subject to hydrolysis) is 1. The highest BCUT2D eigenvalue weighted by molar-refractivity contribution is 5.67. The molecule has 2 rings (SSSR count). The molecule has 4 nitrogen and oxygen atoms in total. The molecule has 0 heterocycles. The molecule has 1 aromatic rings. The Hall–Kier alpha value is -1.55. The van der Waals surface area contributed by atoms with Crippen molar-refractivity contribution in [2.45, 2.75) is 32.6 Å². The van der Waals surface area contributed by atoms with Gasteiger partial charge in [0.25, 0.3) is 0 Å². The van der Waals surface area contributed by atoms with E-state index in [1.54, 1.807) is 0 Å². The molecule has 0 saturated heterocycles. The lowest BCUT2D eigenvalue weighted by Crippen LogP contribution is -2.34. The molecule has 2 atom stereocenters. The Kier molecular flexibility index (Phi) is 4.57. The molecule has 1 saturated carbocycles. The lowest BCUT2D eigenvalue weighted by Gasteiger charge is -2.21. The van der Waals surface area contributed by atoms with Crippen LogP contribution in [0.15, 0.2) is 30.3 Å². The second-order valence-corrected chi connectivity index (χ2v) is 7.10. The molecule has 1 aliphatic rings. The summed E-state index contributed by atoms with van der Waals surface area (Å²) in [5.41, 5.74) is 0.950. The minimum absolute atomic E-state index is 0.0311. The second kappa shape index (κ2) is 6.06. The lowest BCUT2D eigenvalue weighted by molar-refractivity contribution is 0.125. The van der Waals surface area contributed by atoms with Crippen molar-refractivity contribution in [3.63, 3.8) is 0 Å². The highest BCUT2D eigenvalue weighted by atomic mass is 16.5. The zero-order valence-electron chi connectivity index (χ0n) is 13.1. The molecular weight excluding hydrogens is 266 g/mol. The summed E-state index contributed by atoms with van der Waals surface area (Å²) in [4.78, 5) is 11.8. The van der Waals surface area contributed by atoms with Crippen LogP contribution in [0.2, 0.25) is 0 Å². The molecule has 0 radical (unpaired) electrons. The number of carbonyl (C=O) groups is 1. The van der Waals surface area contributed by atoms with Gasteiger partial charge < -0.3 is 15.2 Å². The van der Waals surface area contributed by atoms with E-state index in [0.29, 0.717) is 13.2 Å².